The van der Waals surface area contributed by atoms with Gasteiger partial charge in [-0.3, -0.25) is 4.68 Å². The second-order valence-corrected chi connectivity index (χ2v) is 5.38. The molecule has 19 heavy (non-hydrogen) atoms. The van der Waals surface area contributed by atoms with E-state index in [0.717, 1.165) is 37.0 Å². The molecule has 4 nitrogen and oxygen atoms in total. The largest absolute Gasteiger partial charge is 0.376 e. The smallest absolute Gasteiger partial charge is 0.0782 e. The topological polar surface area (TPSA) is 39.1 Å². The number of aryl methyl sites for hydroxylation is 1. The van der Waals surface area contributed by atoms with Crippen molar-refractivity contribution in [3.63, 3.8) is 0 Å². The molecule has 5 heteroatoms. The van der Waals surface area contributed by atoms with E-state index in [0.29, 0.717) is 0 Å². The third-order valence-electron chi connectivity index (χ3n) is 3.20. The summed E-state index contributed by atoms with van der Waals surface area (Å²) in [5, 5.41) is 8.02. The van der Waals surface area contributed by atoms with Gasteiger partial charge in [0.15, 0.2) is 0 Å². The Morgan fingerprint density at radius 1 is 1.37 bits per heavy atom. The van der Waals surface area contributed by atoms with Crippen molar-refractivity contribution in [3.05, 3.63) is 16.4 Å². The normalized spacial score (nSPS) is 14.6. The van der Waals surface area contributed by atoms with Crippen LogP contribution in [0.15, 0.2) is 10.7 Å². The third kappa shape index (κ3) is 4.29. The van der Waals surface area contributed by atoms with Crippen LogP contribution < -0.4 is 5.32 Å². The molecule has 0 aliphatic heterocycles. The number of rotatable bonds is 9. The van der Waals surface area contributed by atoms with Crippen LogP contribution in [-0.2, 0) is 11.3 Å². The third-order valence-corrected chi connectivity index (χ3v) is 3.81. The average Bonchev–Trinajstić information content (AvgIpc) is 2.79. The summed E-state index contributed by atoms with van der Waals surface area (Å²) >= 11 is 3.62. The molecular formula is C14H26BrN3O. The molecule has 0 bridgehead atoms. The SMILES string of the molecule is CCCNC(c1c(Br)cnn1CC)C(CC)OCC. The lowest BCUT2D eigenvalue weighted by Gasteiger charge is -2.28. The zero-order valence-electron chi connectivity index (χ0n) is 12.4. The van der Waals surface area contributed by atoms with Crippen LogP contribution in [-0.4, -0.2) is 29.0 Å². The molecule has 1 heterocycles. The van der Waals surface area contributed by atoms with Crippen LogP contribution in [0.3, 0.4) is 0 Å². The fraction of sp³-hybridized carbons (Fsp3) is 0.786. The van der Waals surface area contributed by atoms with Gasteiger partial charge in [-0.1, -0.05) is 13.8 Å². The van der Waals surface area contributed by atoms with Crippen molar-refractivity contribution in [2.45, 2.75) is 59.2 Å². The summed E-state index contributed by atoms with van der Waals surface area (Å²) in [7, 11) is 0. The fourth-order valence-corrected chi connectivity index (χ4v) is 2.84. The molecule has 0 saturated carbocycles. The van der Waals surface area contributed by atoms with Crippen molar-refractivity contribution in [1.82, 2.24) is 15.1 Å². The van der Waals surface area contributed by atoms with Crippen LogP contribution in [0, 0.1) is 0 Å². The van der Waals surface area contributed by atoms with Crippen LogP contribution >= 0.6 is 15.9 Å². The Hall–Kier alpha value is -0.390. The van der Waals surface area contributed by atoms with E-state index in [1.165, 1.54) is 5.69 Å². The lowest BCUT2D eigenvalue weighted by Crippen LogP contribution is -2.36. The van der Waals surface area contributed by atoms with Gasteiger partial charge in [0.25, 0.3) is 0 Å². The number of ether oxygens (including phenoxy) is 1. The fourth-order valence-electron chi connectivity index (χ4n) is 2.30. The molecule has 2 atom stereocenters. The summed E-state index contributed by atoms with van der Waals surface area (Å²) in [6, 6.07) is 0.182. The van der Waals surface area contributed by atoms with Gasteiger partial charge in [0.2, 0.25) is 0 Å². The predicted octanol–water partition coefficient (Wildman–Crippen LogP) is 3.52. The highest BCUT2D eigenvalue weighted by atomic mass is 79.9. The van der Waals surface area contributed by atoms with Crippen LogP contribution in [0.5, 0.6) is 0 Å². The summed E-state index contributed by atoms with van der Waals surface area (Å²) in [5.41, 5.74) is 1.19. The first-order valence-corrected chi connectivity index (χ1v) is 8.04. The molecule has 0 amide bonds. The zero-order chi connectivity index (χ0) is 14.3. The van der Waals surface area contributed by atoms with Crippen LogP contribution in [0.4, 0.5) is 0 Å². The second-order valence-electron chi connectivity index (χ2n) is 4.53. The average molecular weight is 332 g/mol. The zero-order valence-corrected chi connectivity index (χ0v) is 14.0. The number of halogens is 1. The van der Waals surface area contributed by atoms with Gasteiger partial charge in [-0.2, -0.15) is 5.10 Å². The number of hydrogen-bond acceptors (Lipinski definition) is 3. The summed E-state index contributed by atoms with van der Waals surface area (Å²) < 4.78 is 9.00. The first-order valence-electron chi connectivity index (χ1n) is 7.25. The van der Waals surface area contributed by atoms with Crippen LogP contribution in [0.25, 0.3) is 0 Å². The molecule has 0 saturated heterocycles. The van der Waals surface area contributed by atoms with Crippen LogP contribution in [0.1, 0.15) is 52.3 Å². The Balaban J connectivity index is 3.03. The Labute approximate surface area is 125 Å². The Bertz CT molecular complexity index is 368. The molecule has 0 aromatic carbocycles. The summed E-state index contributed by atoms with van der Waals surface area (Å²) in [6.45, 7) is 11.1. The Morgan fingerprint density at radius 3 is 2.63 bits per heavy atom. The van der Waals surface area contributed by atoms with Gasteiger partial charge >= 0.3 is 0 Å². The number of aromatic nitrogens is 2. The van der Waals surface area contributed by atoms with E-state index in [1.807, 2.05) is 17.8 Å². The molecule has 110 valence electrons. The highest BCUT2D eigenvalue weighted by molar-refractivity contribution is 9.10. The molecule has 1 rings (SSSR count). The lowest BCUT2D eigenvalue weighted by atomic mass is 10.0. The van der Waals surface area contributed by atoms with Crippen molar-refractivity contribution < 1.29 is 4.74 Å². The summed E-state index contributed by atoms with van der Waals surface area (Å²) in [4.78, 5) is 0. The summed E-state index contributed by atoms with van der Waals surface area (Å²) in [6.07, 6.45) is 4.14. The first-order chi connectivity index (χ1) is 9.19. The van der Waals surface area contributed by atoms with Gasteiger partial charge in [-0.15, -0.1) is 0 Å². The van der Waals surface area contributed by atoms with Gasteiger partial charge in [-0.25, -0.2) is 0 Å². The number of nitrogens with one attached hydrogen (secondary N) is 1. The highest BCUT2D eigenvalue weighted by Gasteiger charge is 2.27. The van der Waals surface area contributed by atoms with E-state index in [-0.39, 0.29) is 12.1 Å². The minimum Gasteiger partial charge on any atom is -0.376 e. The maximum Gasteiger partial charge on any atom is 0.0782 e. The minimum absolute atomic E-state index is 0.176. The van der Waals surface area contributed by atoms with Crippen molar-refractivity contribution in [2.24, 2.45) is 0 Å². The molecule has 0 aliphatic rings. The molecule has 1 N–H and O–H groups in total. The Kier molecular flexibility index (Phi) is 7.64. The standard InChI is InChI=1S/C14H26BrN3O/c1-5-9-16-13(12(6-2)19-8-4)14-11(15)10-17-18(14)7-3/h10,12-13,16H,5-9H2,1-4H3. The van der Waals surface area contributed by atoms with Crippen molar-refractivity contribution in [2.75, 3.05) is 13.2 Å². The molecule has 1 aromatic heterocycles. The number of nitrogens with zero attached hydrogens (tertiary/aromatic N) is 2. The highest BCUT2D eigenvalue weighted by Crippen LogP contribution is 2.28. The van der Waals surface area contributed by atoms with E-state index in [2.05, 4.69) is 47.1 Å². The summed E-state index contributed by atoms with van der Waals surface area (Å²) in [5.74, 6) is 0. The second kappa shape index (κ2) is 8.72. The van der Waals surface area contributed by atoms with Gasteiger partial charge in [0, 0.05) is 13.2 Å². The molecule has 0 radical (unpaired) electrons. The quantitative estimate of drug-likeness (QED) is 0.752. The van der Waals surface area contributed by atoms with Gasteiger partial charge in [0.05, 0.1) is 28.5 Å². The molecular weight excluding hydrogens is 306 g/mol. The molecule has 2 unspecified atom stereocenters. The van der Waals surface area contributed by atoms with Gasteiger partial charge < -0.3 is 10.1 Å². The van der Waals surface area contributed by atoms with Crippen molar-refractivity contribution in [3.8, 4) is 0 Å². The molecule has 1 aromatic rings. The van der Waals surface area contributed by atoms with Crippen molar-refractivity contribution in [1.29, 1.82) is 0 Å². The first kappa shape index (κ1) is 16.7. The lowest BCUT2D eigenvalue weighted by molar-refractivity contribution is 0.0290. The van der Waals surface area contributed by atoms with E-state index in [9.17, 15) is 0 Å². The predicted molar refractivity (Wildman–Crippen MR) is 82.3 cm³/mol. The van der Waals surface area contributed by atoms with E-state index < -0.39 is 0 Å². The molecule has 0 spiro atoms. The monoisotopic (exact) mass is 331 g/mol. The molecule has 0 fully saturated rings. The number of hydrogen-bond donors (Lipinski definition) is 1. The Morgan fingerprint density at radius 2 is 2.11 bits per heavy atom. The van der Waals surface area contributed by atoms with E-state index in [4.69, 9.17) is 4.74 Å². The van der Waals surface area contributed by atoms with Gasteiger partial charge in [0.1, 0.15) is 0 Å². The minimum atomic E-state index is 0.176. The van der Waals surface area contributed by atoms with Gasteiger partial charge in [-0.05, 0) is 49.2 Å². The van der Waals surface area contributed by atoms with E-state index in [1.54, 1.807) is 0 Å². The maximum atomic E-state index is 5.90. The molecule has 0 aliphatic carbocycles. The van der Waals surface area contributed by atoms with Crippen molar-refractivity contribution >= 4 is 15.9 Å². The maximum absolute atomic E-state index is 5.90. The van der Waals surface area contributed by atoms with E-state index >= 15 is 0 Å². The van der Waals surface area contributed by atoms with Crippen LogP contribution in [0.2, 0.25) is 0 Å².